The molecule has 0 aliphatic carbocycles. The van der Waals surface area contributed by atoms with Crippen molar-refractivity contribution in [3.05, 3.63) is 100 Å². The summed E-state index contributed by atoms with van der Waals surface area (Å²) in [6.45, 7) is 1.07. The number of rotatable bonds is 5. The van der Waals surface area contributed by atoms with Gasteiger partial charge in [0, 0.05) is 41.2 Å². The number of carbonyl (C=O) groups excluding carboxylic acids is 3. The minimum absolute atomic E-state index is 0.0255. The fourth-order valence-corrected chi connectivity index (χ4v) is 6.49. The van der Waals surface area contributed by atoms with E-state index in [1.807, 2.05) is 42.5 Å². The van der Waals surface area contributed by atoms with E-state index in [1.54, 1.807) is 35.2 Å². The van der Waals surface area contributed by atoms with Gasteiger partial charge < -0.3 is 15.0 Å². The first kappa shape index (κ1) is 24.9. The molecule has 3 atom stereocenters. The third-order valence-electron chi connectivity index (χ3n) is 8.12. The summed E-state index contributed by atoms with van der Waals surface area (Å²) >= 11 is 6.39. The van der Waals surface area contributed by atoms with E-state index in [0.29, 0.717) is 24.6 Å². The summed E-state index contributed by atoms with van der Waals surface area (Å²) in [4.78, 5) is 47.9. The Morgan fingerprint density at radius 2 is 1.88 bits per heavy atom. The number of hydrogen-bond acceptors (Lipinski definition) is 4. The highest BCUT2D eigenvalue weighted by atomic mass is 35.5. The van der Waals surface area contributed by atoms with Gasteiger partial charge in [-0.3, -0.25) is 14.5 Å². The maximum Gasteiger partial charge on any atom is 0.332 e. The average molecular weight is 555 g/mol. The predicted octanol–water partition coefficient (Wildman–Crippen LogP) is 5.21. The fraction of sp³-hybridized carbons (Fsp3) is 0.258. The lowest BCUT2D eigenvalue weighted by atomic mass is 9.89. The number of anilines is 1. The molecule has 7 rings (SSSR count). The van der Waals surface area contributed by atoms with Gasteiger partial charge in [0.2, 0.25) is 0 Å². The number of imide groups is 1. The van der Waals surface area contributed by atoms with Crippen molar-refractivity contribution in [2.45, 2.75) is 37.5 Å². The second-order valence-electron chi connectivity index (χ2n) is 10.5. The number of aromatic amines is 1. The number of amides is 4. The lowest BCUT2D eigenvalue weighted by molar-refractivity contribution is -0.120. The molecule has 9 heteroatoms. The number of H-pyrrole nitrogens is 1. The van der Waals surface area contributed by atoms with E-state index in [9.17, 15) is 14.4 Å². The minimum Gasteiger partial charge on any atom is -0.376 e. The Hall–Kier alpha value is -4.14. The molecule has 0 bridgehead atoms. The van der Waals surface area contributed by atoms with Crippen LogP contribution in [0.4, 0.5) is 10.5 Å². The third kappa shape index (κ3) is 3.98. The summed E-state index contributed by atoms with van der Waals surface area (Å²) in [5.74, 6) is -0.702. The molecule has 0 unspecified atom stereocenters. The van der Waals surface area contributed by atoms with Crippen molar-refractivity contribution in [1.29, 1.82) is 0 Å². The zero-order valence-corrected chi connectivity index (χ0v) is 22.4. The van der Waals surface area contributed by atoms with Crippen molar-refractivity contribution in [1.82, 2.24) is 15.2 Å². The molecular weight excluding hydrogens is 528 g/mol. The standard InChI is InChI=1S/C31H27ClN4O4/c32-19-8-5-7-18(15-19)28-27-23(21-10-1-3-12-24(21)34-27)16-26-30(38)36(31(39)35(26)28)25-13-4-2-11-22(25)29(37)33-17-20-9-6-14-40-20/h1-5,7-8,10-13,15,20,26,28,34H,6,9,14,16-17H2,(H,33,37)/t20-,26+,28+/m1/s1. The first-order valence-electron chi connectivity index (χ1n) is 13.5. The van der Waals surface area contributed by atoms with Crippen LogP contribution in [0.15, 0.2) is 72.8 Å². The fourth-order valence-electron chi connectivity index (χ4n) is 6.29. The highest BCUT2D eigenvalue weighted by Crippen LogP contribution is 2.45. The predicted molar refractivity (Wildman–Crippen MR) is 152 cm³/mol. The largest absolute Gasteiger partial charge is 0.376 e. The summed E-state index contributed by atoms with van der Waals surface area (Å²) < 4.78 is 5.63. The Kier molecular flexibility index (Phi) is 6.09. The average Bonchev–Trinajstić information content (AvgIpc) is 3.68. The molecule has 8 nitrogen and oxygen atoms in total. The normalized spacial score (nSPS) is 22.1. The van der Waals surface area contributed by atoms with Crippen molar-refractivity contribution < 1.29 is 19.1 Å². The van der Waals surface area contributed by atoms with Crippen LogP contribution in [-0.4, -0.2) is 53.0 Å². The van der Waals surface area contributed by atoms with E-state index in [1.165, 1.54) is 0 Å². The van der Waals surface area contributed by atoms with Crippen LogP contribution in [0.5, 0.6) is 0 Å². The molecule has 3 aliphatic rings. The van der Waals surface area contributed by atoms with Crippen LogP contribution in [-0.2, 0) is 16.0 Å². The number of aromatic nitrogens is 1. The molecule has 4 aromatic rings. The van der Waals surface area contributed by atoms with Gasteiger partial charge in [-0.1, -0.05) is 54.1 Å². The van der Waals surface area contributed by atoms with Gasteiger partial charge in [-0.2, -0.15) is 0 Å². The molecule has 4 heterocycles. The summed E-state index contributed by atoms with van der Waals surface area (Å²) in [6.07, 6.45) is 2.20. The molecule has 3 aliphatic heterocycles. The first-order chi connectivity index (χ1) is 19.5. The molecule has 2 fully saturated rings. The topological polar surface area (TPSA) is 94.7 Å². The third-order valence-corrected chi connectivity index (χ3v) is 8.35. The zero-order valence-electron chi connectivity index (χ0n) is 21.6. The second-order valence-corrected chi connectivity index (χ2v) is 10.9. The smallest absolute Gasteiger partial charge is 0.332 e. The number of fused-ring (bicyclic) bond motifs is 4. The number of carbonyl (C=O) groups is 3. The quantitative estimate of drug-likeness (QED) is 0.331. The van der Waals surface area contributed by atoms with Gasteiger partial charge >= 0.3 is 6.03 Å². The number of benzene rings is 3. The van der Waals surface area contributed by atoms with Gasteiger partial charge in [-0.15, -0.1) is 0 Å². The highest BCUT2D eigenvalue weighted by Gasteiger charge is 2.53. The molecule has 2 saturated heterocycles. The summed E-state index contributed by atoms with van der Waals surface area (Å²) in [5, 5.41) is 4.49. The number of urea groups is 1. The van der Waals surface area contributed by atoms with Crippen LogP contribution in [0.1, 0.15) is 46.1 Å². The van der Waals surface area contributed by atoms with E-state index in [0.717, 1.165) is 45.5 Å². The van der Waals surface area contributed by atoms with Crippen molar-refractivity contribution >= 4 is 46.0 Å². The SMILES string of the molecule is O=C(NC[C@H]1CCCO1)c1ccccc1N1C(=O)[C@@H]2Cc3c([nH]c4ccccc34)[C@H](c3cccc(Cl)c3)N2C1=O. The van der Waals surface area contributed by atoms with Gasteiger partial charge in [-0.25, -0.2) is 9.69 Å². The second kappa shape index (κ2) is 9.80. The highest BCUT2D eigenvalue weighted by molar-refractivity contribution is 6.30. The maximum atomic E-state index is 14.2. The lowest BCUT2D eigenvalue weighted by Gasteiger charge is -2.36. The van der Waals surface area contributed by atoms with Crippen LogP contribution in [0.2, 0.25) is 5.02 Å². The number of nitrogens with one attached hydrogen (secondary N) is 2. The minimum atomic E-state index is -0.730. The van der Waals surface area contributed by atoms with Crippen molar-refractivity contribution in [3.8, 4) is 0 Å². The Morgan fingerprint density at radius 1 is 1.05 bits per heavy atom. The molecule has 0 spiro atoms. The Labute approximate surface area is 235 Å². The Balaban J connectivity index is 1.29. The van der Waals surface area contributed by atoms with Crippen LogP contribution in [0, 0.1) is 0 Å². The lowest BCUT2D eigenvalue weighted by Crippen LogP contribution is -2.44. The van der Waals surface area contributed by atoms with E-state index in [4.69, 9.17) is 16.3 Å². The summed E-state index contributed by atoms with van der Waals surface area (Å²) in [6, 6.07) is 20.3. The van der Waals surface area contributed by atoms with Gasteiger partial charge in [0.25, 0.3) is 11.8 Å². The molecule has 4 amide bonds. The van der Waals surface area contributed by atoms with E-state index >= 15 is 0 Å². The van der Waals surface area contributed by atoms with Gasteiger partial charge in [0.1, 0.15) is 12.1 Å². The molecule has 0 radical (unpaired) electrons. The van der Waals surface area contributed by atoms with E-state index in [2.05, 4.69) is 10.3 Å². The van der Waals surface area contributed by atoms with Gasteiger partial charge in [0.05, 0.1) is 17.4 Å². The van der Waals surface area contributed by atoms with Crippen LogP contribution in [0.25, 0.3) is 10.9 Å². The number of para-hydroxylation sites is 2. The van der Waals surface area contributed by atoms with Crippen molar-refractivity contribution in [3.63, 3.8) is 0 Å². The molecule has 2 N–H and O–H groups in total. The molecule has 3 aromatic carbocycles. The van der Waals surface area contributed by atoms with Crippen LogP contribution in [0.3, 0.4) is 0 Å². The first-order valence-corrected chi connectivity index (χ1v) is 13.9. The number of hydrogen-bond donors (Lipinski definition) is 2. The zero-order chi connectivity index (χ0) is 27.4. The molecule has 40 heavy (non-hydrogen) atoms. The molecular formula is C31H27ClN4O4. The molecule has 202 valence electrons. The van der Waals surface area contributed by atoms with E-state index in [-0.39, 0.29) is 29.2 Å². The van der Waals surface area contributed by atoms with E-state index < -0.39 is 18.1 Å². The van der Waals surface area contributed by atoms with Crippen LogP contribution >= 0.6 is 11.6 Å². The summed E-state index contributed by atoms with van der Waals surface area (Å²) in [7, 11) is 0. The van der Waals surface area contributed by atoms with Crippen molar-refractivity contribution in [2.75, 3.05) is 18.1 Å². The maximum absolute atomic E-state index is 14.2. The number of nitrogens with zero attached hydrogens (tertiary/aromatic N) is 2. The van der Waals surface area contributed by atoms with Gasteiger partial charge in [-0.05, 0) is 54.3 Å². The van der Waals surface area contributed by atoms with Crippen LogP contribution < -0.4 is 10.2 Å². The van der Waals surface area contributed by atoms with Gasteiger partial charge in [0.15, 0.2) is 0 Å². The number of halogens is 1. The molecule has 1 aromatic heterocycles. The van der Waals surface area contributed by atoms with Crippen molar-refractivity contribution in [2.24, 2.45) is 0 Å². The Morgan fingerprint density at radius 3 is 2.70 bits per heavy atom. The number of ether oxygens (including phenoxy) is 1. The Bertz CT molecular complexity index is 1660. The molecule has 0 saturated carbocycles. The monoisotopic (exact) mass is 554 g/mol. The summed E-state index contributed by atoms with van der Waals surface area (Å²) in [5.41, 5.74) is 4.17.